The highest BCUT2D eigenvalue weighted by atomic mass is 16.3. The van der Waals surface area contributed by atoms with Crippen molar-refractivity contribution in [1.82, 2.24) is 9.97 Å². The predicted molar refractivity (Wildman–Crippen MR) is 86.5 cm³/mol. The number of aliphatic hydroxyl groups is 1. The van der Waals surface area contributed by atoms with Crippen LogP contribution in [-0.4, -0.2) is 34.3 Å². The smallest absolute Gasteiger partial charge is 0.138 e. The number of nitrogen functional groups attached to an aromatic ring is 1. The molecule has 1 fully saturated rings. The van der Waals surface area contributed by atoms with Gasteiger partial charge in [0, 0.05) is 18.0 Å². The summed E-state index contributed by atoms with van der Waals surface area (Å²) < 4.78 is 0. The number of aliphatic hydroxyl groups excluding tert-OH is 1. The average molecular weight is 292 g/mol. The number of nitrogens with two attached hydrogens (primary N) is 1. The second kappa shape index (κ2) is 5.79. The van der Waals surface area contributed by atoms with Crippen molar-refractivity contribution in [2.75, 3.05) is 17.7 Å². The lowest BCUT2D eigenvalue weighted by atomic mass is 9.91. The number of likely N-dealkylation sites (N-methyl/N-ethyl adjacent to an activating group) is 1. The van der Waals surface area contributed by atoms with E-state index < -0.39 is 0 Å². The molecule has 0 radical (unpaired) electrons. The maximum absolute atomic E-state index is 10.3. The third-order valence-electron chi connectivity index (χ3n) is 4.35. The van der Waals surface area contributed by atoms with Crippen LogP contribution in [0.15, 0.2) is 0 Å². The van der Waals surface area contributed by atoms with E-state index in [1.165, 1.54) is 0 Å². The Morgan fingerprint density at radius 1 is 1.19 bits per heavy atom. The molecule has 1 heterocycles. The summed E-state index contributed by atoms with van der Waals surface area (Å²) in [6.07, 6.45) is 3.81. The van der Waals surface area contributed by atoms with Gasteiger partial charge in [0.2, 0.25) is 0 Å². The van der Waals surface area contributed by atoms with Gasteiger partial charge in [-0.2, -0.15) is 0 Å². The Balaban J connectivity index is 2.40. The Morgan fingerprint density at radius 3 is 2.38 bits per heavy atom. The number of rotatable bonds is 2. The molecule has 5 nitrogen and oxygen atoms in total. The second-order valence-electron chi connectivity index (χ2n) is 7.16. The maximum atomic E-state index is 10.3. The van der Waals surface area contributed by atoms with Crippen LogP contribution in [0.2, 0.25) is 0 Å². The quantitative estimate of drug-likeness (QED) is 0.875. The second-order valence-corrected chi connectivity index (χ2v) is 7.16. The standard InChI is InChI=1S/C16H28N4O/c1-10-13(17)18-15(16(2,3)4)19-14(10)20(5)11-8-6-7-9-12(11)21/h11-12,21H,6-9H2,1-5H3,(H2,17,18,19). The first-order valence-electron chi connectivity index (χ1n) is 7.77. The summed E-state index contributed by atoms with van der Waals surface area (Å²) in [5.74, 6) is 2.12. The number of hydrogen-bond donors (Lipinski definition) is 2. The summed E-state index contributed by atoms with van der Waals surface area (Å²) in [5.41, 5.74) is 6.82. The molecule has 2 atom stereocenters. The summed E-state index contributed by atoms with van der Waals surface area (Å²) in [5, 5.41) is 10.3. The Bertz CT molecular complexity index is 510. The van der Waals surface area contributed by atoms with Gasteiger partial charge in [-0.25, -0.2) is 9.97 Å². The van der Waals surface area contributed by atoms with E-state index in [1.54, 1.807) is 0 Å². The molecular formula is C16H28N4O. The first-order valence-corrected chi connectivity index (χ1v) is 7.77. The van der Waals surface area contributed by atoms with E-state index in [2.05, 4.69) is 30.7 Å². The van der Waals surface area contributed by atoms with Gasteiger partial charge in [0.1, 0.15) is 17.5 Å². The Kier molecular flexibility index (Phi) is 4.42. The van der Waals surface area contributed by atoms with Gasteiger partial charge in [-0.05, 0) is 19.8 Å². The molecule has 0 saturated heterocycles. The molecule has 0 aromatic carbocycles. The first kappa shape index (κ1) is 16.0. The van der Waals surface area contributed by atoms with E-state index in [-0.39, 0.29) is 17.6 Å². The monoisotopic (exact) mass is 292 g/mol. The first-order chi connectivity index (χ1) is 9.71. The molecule has 5 heteroatoms. The van der Waals surface area contributed by atoms with Gasteiger partial charge in [0.05, 0.1) is 12.1 Å². The molecule has 0 bridgehead atoms. The van der Waals surface area contributed by atoms with Crippen molar-refractivity contribution in [3.05, 3.63) is 11.4 Å². The minimum atomic E-state index is -0.294. The fourth-order valence-corrected chi connectivity index (χ4v) is 2.90. The molecule has 118 valence electrons. The van der Waals surface area contributed by atoms with Crippen molar-refractivity contribution in [2.24, 2.45) is 0 Å². The van der Waals surface area contributed by atoms with Crippen LogP contribution in [-0.2, 0) is 5.41 Å². The summed E-state index contributed by atoms with van der Waals surface area (Å²) in [7, 11) is 2.00. The topological polar surface area (TPSA) is 75.3 Å². The number of hydrogen-bond acceptors (Lipinski definition) is 5. The molecule has 3 N–H and O–H groups in total. The Hall–Kier alpha value is -1.36. The van der Waals surface area contributed by atoms with Crippen LogP contribution in [0, 0.1) is 6.92 Å². The lowest BCUT2D eigenvalue weighted by Crippen LogP contribution is -2.44. The van der Waals surface area contributed by atoms with Crippen LogP contribution in [0.3, 0.4) is 0 Å². The summed E-state index contributed by atoms with van der Waals surface area (Å²) >= 11 is 0. The minimum Gasteiger partial charge on any atom is -0.391 e. The Labute approximate surface area is 127 Å². The normalized spacial score (nSPS) is 23.1. The van der Waals surface area contributed by atoms with E-state index in [9.17, 15) is 5.11 Å². The van der Waals surface area contributed by atoms with Gasteiger partial charge >= 0.3 is 0 Å². The van der Waals surface area contributed by atoms with Gasteiger partial charge in [-0.1, -0.05) is 33.6 Å². The maximum Gasteiger partial charge on any atom is 0.138 e. The lowest BCUT2D eigenvalue weighted by Gasteiger charge is -2.37. The molecule has 1 aromatic rings. The van der Waals surface area contributed by atoms with Gasteiger partial charge in [0.15, 0.2) is 0 Å². The van der Waals surface area contributed by atoms with Crippen molar-refractivity contribution in [3.63, 3.8) is 0 Å². The zero-order chi connectivity index (χ0) is 15.8. The van der Waals surface area contributed by atoms with Gasteiger partial charge < -0.3 is 15.7 Å². The average Bonchev–Trinajstić information content (AvgIpc) is 2.40. The molecule has 1 aliphatic carbocycles. The van der Waals surface area contributed by atoms with Crippen LogP contribution in [0.4, 0.5) is 11.6 Å². The third kappa shape index (κ3) is 3.28. The van der Waals surface area contributed by atoms with E-state index in [0.29, 0.717) is 5.82 Å². The Morgan fingerprint density at radius 2 is 1.81 bits per heavy atom. The van der Waals surface area contributed by atoms with E-state index in [1.807, 2.05) is 14.0 Å². The highest BCUT2D eigenvalue weighted by molar-refractivity contribution is 5.57. The van der Waals surface area contributed by atoms with Gasteiger partial charge in [0.25, 0.3) is 0 Å². The van der Waals surface area contributed by atoms with Crippen LogP contribution in [0.1, 0.15) is 57.8 Å². The van der Waals surface area contributed by atoms with Crippen molar-refractivity contribution in [3.8, 4) is 0 Å². The zero-order valence-corrected chi connectivity index (χ0v) is 13.8. The lowest BCUT2D eigenvalue weighted by molar-refractivity contribution is 0.106. The largest absolute Gasteiger partial charge is 0.391 e. The summed E-state index contributed by atoms with van der Waals surface area (Å²) in [6, 6.07) is 0.111. The number of aromatic nitrogens is 2. The van der Waals surface area contributed by atoms with Crippen LogP contribution < -0.4 is 10.6 Å². The van der Waals surface area contributed by atoms with Gasteiger partial charge in [-0.3, -0.25) is 0 Å². The van der Waals surface area contributed by atoms with Crippen molar-refractivity contribution >= 4 is 11.6 Å². The van der Waals surface area contributed by atoms with Crippen molar-refractivity contribution in [2.45, 2.75) is 70.9 Å². The zero-order valence-electron chi connectivity index (χ0n) is 13.8. The molecule has 2 unspecified atom stereocenters. The predicted octanol–water partition coefficient (Wildman–Crippen LogP) is 2.40. The van der Waals surface area contributed by atoms with E-state index in [4.69, 9.17) is 10.7 Å². The van der Waals surface area contributed by atoms with Crippen LogP contribution >= 0.6 is 0 Å². The minimum absolute atomic E-state index is 0.111. The fraction of sp³-hybridized carbons (Fsp3) is 0.750. The van der Waals surface area contributed by atoms with E-state index >= 15 is 0 Å². The summed E-state index contributed by atoms with van der Waals surface area (Å²) in [4.78, 5) is 11.3. The number of nitrogens with zero attached hydrogens (tertiary/aromatic N) is 3. The highest BCUT2D eigenvalue weighted by Crippen LogP contribution is 2.31. The van der Waals surface area contributed by atoms with Gasteiger partial charge in [-0.15, -0.1) is 0 Å². The molecule has 0 aliphatic heterocycles. The molecule has 0 spiro atoms. The SMILES string of the molecule is Cc1c(N)nc(C(C)(C)C)nc1N(C)C1CCCCC1O. The molecule has 21 heavy (non-hydrogen) atoms. The van der Waals surface area contributed by atoms with E-state index in [0.717, 1.165) is 42.9 Å². The fourth-order valence-electron chi connectivity index (χ4n) is 2.90. The number of anilines is 2. The molecular weight excluding hydrogens is 264 g/mol. The van der Waals surface area contributed by atoms with Crippen LogP contribution in [0.25, 0.3) is 0 Å². The van der Waals surface area contributed by atoms with Crippen LogP contribution in [0.5, 0.6) is 0 Å². The molecule has 2 rings (SSSR count). The summed E-state index contributed by atoms with van der Waals surface area (Å²) in [6.45, 7) is 8.19. The highest BCUT2D eigenvalue weighted by Gasteiger charge is 2.30. The molecule has 1 aliphatic rings. The molecule has 1 aromatic heterocycles. The third-order valence-corrected chi connectivity index (χ3v) is 4.35. The van der Waals surface area contributed by atoms with Crippen molar-refractivity contribution in [1.29, 1.82) is 0 Å². The molecule has 0 amide bonds. The van der Waals surface area contributed by atoms with Crippen molar-refractivity contribution < 1.29 is 5.11 Å². The molecule has 1 saturated carbocycles.